The van der Waals surface area contributed by atoms with Crippen LogP contribution in [-0.4, -0.2) is 22.7 Å². The van der Waals surface area contributed by atoms with E-state index in [0.29, 0.717) is 0 Å². The van der Waals surface area contributed by atoms with Gasteiger partial charge in [0.25, 0.3) is 5.91 Å². The van der Waals surface area contributed by atoms with Crippen LogP contribution in [0.15, 0.2) is 48.8 Å². The van der Waals surface area contributed by atoms with Crippen molar-refractivity contribution < 1.29 is 4.79 Å². The average molecular weight is 311 g/mol. The molecule has 5 heteroatoms. The maximum absolute atomic E-state index is 12.6. The molecule has 0 N–H and O–H groups in total. The Morgan fingerprint density at radius 2 is 2.09 bits per heavy atom. The Morgan fingerprint density at radius 1 is 1.27 bits per heavy atom. The van der Waals surface area contributed by atoms with Crippen LogP contribution < -0.4 is 4.90 Å². The normalized spacial score (nSPS) is 10.7. The zero-order chi connectivity index (χ0) is 15.7. The minimum absolute atomic E-state index is 0.00532. The van der Waals surface area contributed by atoms with Crippen molar-refractivity contribution in [2.45, 2.75) is 6.92 Å². The first-order valence-electron chi connectivity index (χ1n) is 6.98. The van der Waals surface area contributed by atoms with Gasteiger partial charge in [-0.3, -0.25) is 9.48 Å². The third kappa shape index (κ3) is 2.80. The van der Waals surface area contributed by atoms with Gasteiger partial charge in [0.05, 0.1) is 11.1 Å². The first-order chi connectivity index (χ1) is 10.5. The van der Waals surface area contributed by atoms with E-state index >= 15 is 0 Å². The number of hydrogen-bond donors (Lipinski definition) is 0. The summed E-state index contributed by atoms with van der Waals surface area (Å²) < 4.78 is 1.76. The number of carbonyl (C=O) groups excluding carboxylic acids is 1. The van der Waals surface area contributed by atoms with Gasteiger partial charge in [-0.2, -0.15) is 5.10 Å². The standard InChI is InChI=1S/C17H17N3OS/c1-12-5-4-6-14(9-12)20(3)17(21)16-8-7-15(22-16)13-10-18-19(2)11-13/h4-11H,1-3H3. The molecule has 0 saturated heterocycles. The molecule has 0 bridgehead atoms. The minimum Gasteiger partial charge on any atom is -0.311 e. The van der Waals surface area contributed by atoms with E-state index in [2.05, 4.69) is 5.10 Å². The Hall–Kier alpha value is -2.40. The molecule has 0 aliphatic rings. The molecular formula is C17H17N3OS. The molecule has 0 unspecified atom stereocenters. The number of thiophene rings is 1. The van der Waals surface area contributed by atoms with Crippen LogP contribution in [0.3, 0.4) is 0 Å². The molecule has 112 valence electrons. The molecule has 4 nitrogen and oxygen atoms in total. The van der Waals surface area contributed by atoms with Crippen LogP contribution in [0, 0.1) is 6.92 Å². The third-order valence-electron chi connectivity index (χ3n) is 3.50. The third-order valence-corrected chi connectivity index (χ3v) is 4.62. The van der Waals surface area contributed by atoms with Crippen LogP contribution in [-0.2, 0) is 7.05 Å². The second-order valence-corrected chi connectivity index (χ2v) is 6.35. The summed E-state index contributed by atoms with van der Waals surface area (Å²) in [7, 11) is 3.69. The summed E-state index contributed by atoms with van der Waals surface area (Å²) in [5.74, 6) is 0.00532. The van der Waals surface area contributed by atoms with E-state index in [0.717, 1.165) is 26.6 Å². The van der Waals surface area contributed by atoms with Crippen LogP contribution in [0.4, 0.5) is 5.69 Å². The quantitative estimate of drug-likeness (QED) is 0.739. The van der Waals surface area contributed by atoms with E-state index in [4.69, 9.17) is 0 Å². The number of aromatic nitrogens is 2. The van der Waals surface area contributed by atoms with Gasteiger partial charge in [0.2, 0.25) is 0 Å². The van der Waals surface area contributed by atoms with E-state index in [-0.39, 0.29) is 5.91 Å². The summed E-state index contributed by atoms with van der Waals surface area (Å²) in [4.78, 5) is 16.1. The zero-order valence-corrected chi connectivity index (χ0v) is 13.6. The summed E-state index contributed by atoms with van der Waals surface area (Å²) in [5, 5.41) is 4.17. The van der Waals surface area contributed by atoms with Crippen LogP contribution >= 0.6 is 11.3 Å². The molecule has 0 aliphatic carbocycles. The number of aryl methyl sites for hydroxylation is 2. The van der Waals surface area contributed by atoms with E-state index in [1.165, 1.54) is 11.3 Å². The van der Waals surface area contributed by atoms with Gasteiger partial charge < -0.3 is 4.90 Å². The van der Waals surface area contributed by atoms with Gasteiger partial charge in [-0.15, -0.1) is 11.3 Å². The Kier molecular flexibility index (Phi) is 3.81. The zero-order valence-electron chi connectivity index (χ0n) is 12.8. The van der Waals surface area contributed by atoms with Crippen molar-refractivity contribution in [2.75, 3.05) is 11.9 Å². The van der Waals surface area contributed by atoms with Crippen molar-refractivity contribution in [3.05, 3.63) is 59.2 Å². The Morgan fingerprint density at radius 3 is 2.77 bits per heavy atom. The predicted octanol–water partition coefficient (Wildman–Crippen LogP) is 3.73. The second-order valence-electron chi connectivity index (χ2n) is 5.27. The van der Waals surface area contributed by atoms with Crippen molar-refractivity contribution in [3.8, 4) is 10.4 Å². The summed E-state index contributed by atoms with van der Waals surface area (Å²) in [6.45, 7) is 2.02. The number of benzene rings is 1. The first-order valence-corrected chi connectivity index (χ1v) is 7.80. The molecule has 2 aromatic heterocycles. The summed E-state index contributed by atoms with van der Waals surface area (Å²) in [6, 6.07) is 11.8. The van der Waals surface area contributed by atoms with Gasteiger partial charge in [-0.05, 0) is 36.8 Å². The van der Waals surface area contributed by atoms with E-state index in [9.17, 15) is 4.79 Å². The Labute approximate surface area is 133 Å². The molecule has 3 rings (SSSR count). The molecule has 0 spiro atoms. The van der Waals surface area contributed by atoms with Gasteiger partial charge in [0.1, 0.15) is 0 Å². The smallest absolute Gasteiger partial charge is 0.268 e. The Balaban J connectivity index is 1.85. The van der Waals surface area contributed by atoms with E-state index < -0.39 is 0 Å². The number of carbonyl (C=O) groups is 1. The highest BCUT2D eigenvalue weighted by molar-refractivity contribution is 7.17. The molecule has 22 heavy (non-hydrogen) atoms. The maximum Gasteiger partial charge on any atom is 0.268 e. The molecule has 0 atom stereocenters. The lowest BCUT2D eigenvalue weighted by atomic mass is 10.2. The fraction of sp³-hybridized carbons (Fsp3) is 0.176. The molecule has 0 aliphatic heterocycles. The predicted molar refractivity (Wildman–Crippen MR) is 90.4 cm³/mol. The second kappa shape index (κ2) is 5.77. The van der Waals surface area contributed by atoms with Crippen LogP contribution in [0.2, 0.25) is 0 Å². The topological polar surface area (TPSA) is 38.1 Å². The number of nitrogens with zero attached hydrogens (tertiary/aromatic N) is 3. The highest BCUT2D eigenvalue weighted by atomic mass is 32.1. The minimum atomic E-state index is 0.00532. The lowest BCUT2D eigenvalue weighted by molar-refractivity contribution is 0.0997. The fourth-order valence-corrected chi connectivity index (χ4v) is 3.23. The van der Waals surface area contributed by atoms with Crippen LogP contribution in [0.25, 0.3) is 10.4 Å². The van der Waals surface area contributed by atoms with Gasteiger partial charge in [-0.25, -0.2) is 0 Å². The van der Waals surface area contributed by atoms with Gasteiger partial charge in [-0.1, -0.05) is 12.1 Å². The fourth-order valence-electron chi connectivity index (χ4n) is 2.28. The number of rotatable bonds is 3. The average Bonchev–Trinajstić information content (AvgIpc) is 3.14. The molecule has 0 radical (unpaired) electrons. The number of hydrogen-bond acceptors (Lipinski definition) is 3. The van der Waals surface area contributed by atoms with Crippen molar-refractivity contribution in [3.63, 3.8) is 0 Å². The molecule has 0 fully saturated rings. The molecule has 3 aromatic rings. The van der Waals surface area contributed by atoms with Crippen molar-refractivity contribution in [1.82, 2.24) is 9.78 Å². The number of anilines is 1. The summed E-state index contributed by atoms with van der Waals surface area (Å²) >= 11 is 1.49. The molecule has 2 heterocycles. The van der Waals surface area contributed by atoms with Crippen LogP contribution in [0.5, 0.6) is 0 Å². The Bertz CT molecular complexity index is 819. The highest BCUT2D eigenvalue weighted by Gasteiger charge is 2.16. The molecule has 1 amide bonds. The van der Waals surface area contributed by atoms with Crippen molar-refractivity contribution in [2.24, 2.45) is 7.05 Å². The van der Waals surface area contributed by atoms with Crippen molar-refractivity contribution in [1.29, 1.82) is 0 Å². The van der Waals surface area contributed by atoms with E-state index in [1.807, 2.05) is 62.8 Å². The molecular weight excluding hydrogens is 294 g/mol. The largest absolute Gasteiger partial charge is 0.311 e. The van der Waals surface area contributed by atoms with E-state index in [1.54, 1.807) is 16.6 Å². The van der Waals surface area contributed by atoms with Gasteiger partial charge >= 0.3 is 0 Å². The lowest BCUT2D eigenvalue weighted by Gasteiger charge is -2.16. The monoisotopic (exact) mass is 311 g/mol. The maximum atomic E-state index is 12.6. The van der Waals surface area contributed by atoms with Crippen molar-refractivity contribution >= 4 is 22.9 Å². The summed E-state index contributed by atoms with van der Waals surface area (Å²) in [6.07, 6.45) is 3.76. The van der Waals surface area contributed by atoms with Crippen LogP contribution in [0.1, 0.15) is 15.2 Å². The van der Waals surface area contributed by atoms with Gasteiger partial charge in [0, 0.05) is 36.4 Å². The number of amides is 1. The first kappa shape index (κ1) is 14.5. The van der Waals surface area contributed by atoms with Gasteiger partial charge in [0.15, 0.2) is 0 Å². The molecule has 1 aromatic carbocycles. The summed E-state index contributed by atoms with van der Waals surface area (Å²) in [5.41, 5.74) is 3.07. The molecule has 0 saturated carbocycles. The lowest BCUT2D eigenvalue weighted by Crippen LogP contribution is -2.25. The SMILES string of the molecule is Cc1cccc(N(C)C(=O)c2ccc(-c3cnn(C)c3)s2)c1. The highest BCUT2D eigenvalue weighted by Crippen LogP contribution is 2.29.